The molecule has 1 heterocycles. The van der Waals surface area contributed by atoms with Crippen molar-refractivity contribution in [1.29, 1.82) is 0 Å². The van der Waals surface area contributed by atoms with Gasteiger partial charge in [0.25, 0.3) is 5.91 Å². The van der Waals surface area contributed by atoms with Crippen molar-refractivity contribution >= 4 is 16.8 Å². The van der Waals surface area contributed by atoms with Crippen molar-refractivity contribution in [3.63, 3.8) is 0 Å². The number of aryl methyl sites for hydroxylation is 1. The lowest BCUT2D eigenvalue weighted by Crippen LogP contribution is -2.25. The van der Waals surface area contributed by atoms with Gasteiger partial charge < -0.3 is 10.3 Å². The second kappa shape index (κ2) is 6.34. The lowest BCUT2D eigenvalue weighted by molar-refractivity contribution is 0.0949. The molecule has 0 fully saturated rings. The van der Waals surface area contributed by atoms with E-state index in [1.807, 2.05) is 6.92 Å². The first-order valence-corrected chi connectivity index (χ1v) is 7.89. The molecular weight excluding hydrogens is 279 g/mol. The molecule has 1 aliphatic carbocycles. The second-order valence-corrected chi connectivity index (χ2v) is 5.93. The minimum absolute atomic E-state index is 0.120. The van der Waals surface area contributed by atoms with Gasteiger partial charge in [-0.15, -0.1) is 0 Å². The van der Waals surface area contributed by atoms with Crippen LogP contribution in [0.15, 0.2) is 29.8 Å². The molecule has 1 amide bonds. The normalized spacial score (nSPS) is 14.9. The quantitative estimate of drug-likeness (QED) is 0.815. The van der Waals surface area contributed by atoms with Crippen molar-refractivity contribution in [3.05, 3.63) is 46.9 Å². The molecule has 0 spiro atoms. The zero-order chi connectivity index (χ0) is 15.5. The Morgan fingerprint density at radius 1 is 1.36 bits per heavy atom. The zero-order valence-corrected chi connectivity index (χ0v) is 12.8. The van der Waals surface area contributed by atoms with Gasteiger partial charge in [0, 0.05) is 17.4 Å². The summed E-state index contributed by atoms with van der Waals surface area (Å²) in [5.41, 5.74) is 3.50. The maximum atomic E-state index is 13.3. The molecule has 2 aromatic rings. The molecule has 0 aliphatic heterocycles. The number of allylic oxidation sites excluding steroid dienone is 1. The summed E-state index contributed by atoms with van der Waals surface area (Å²) in [7, 11) is 0. The lowest BCUT2D eigenvalue weighted by Gasteiger charge is -2.12. The number of aromatic nitrogens is 1. The number of halogens is 1. The monoisotopic (exact) mass is 300 g/mol. The average Bonchev–Trinajstić information content (AvgIpc) is 2.84. The van der Waals surface area contributed by atoms with E-state index in [9.17, 15) is 9.18 Å². The minimum Gasteiger partial charge on any atom is -0.350 e. The predicted molar refractivity (Wildman–Crippen MR) is 86.5 cm³/mol. The van der Waals surface area contributed by atoms with E-state index < -0.39 is 0 Å². The highest BCUT2D eigenvalue weighted by Crippen LogP contribution is 2.23. The molecule has 116 valence electrons. The summed E-state index contributed by atoms with van der Waals surface area (Å²) < 4.78 is 13.3. The number of aromatic amines is 1. The molecule has 4 heteroatoms. The first-order chi connectivity index (χ1) is 10.6. The predicted octanol–water partition coefficient (Wildman–Crippen LogP) is 4.24. The van der Waals surface area contributed by atoms with Gasteiger partial charge in [0.05, 0.1) is 0 Å². The highest BCUT2D eigenvalue weighted by Gasteiger charge is 2.15. The maximum absolute atomic E-state index is 13.3. The van der Waals surface area contributed by atoms with Crippen molar-refractivity contribution in [2.75, 3.05) is 6.54 Å². The van der Waals surface area contributed by atoms with E-state index in [2.05, 4.69) is 16.4 Å². The Kier molecular flexibility index (Phi) is 4.27. The van der Waals surface area contributed by atoms with E-state index >= 15 is 0 Å². The highest BCUT2D eigenvalue weighted by atomic mass is 19.1. The second-order valence-electron chi connectivity index (χ2n) is 5.93. The molecule has 0 bridgehead atoms. The van der Waals surface area contributed by atoms with Crippen LogP contribution in [-0.4, -0.2) is 17.4 Å². The standard InChI is InChI=1S/C18H21FN2O/c1-12-15-8-7-14(19)11-16(15)21-17(12)18(22)20-10-9-13-5-3-2-4-6-13/h5,7-8,11,21H,2-4,6,9-10H2,1H3,(H,20,22). The smallest absolute Gasteiger partial charge is 0.268 e. The molecule has 22 heavy (non-hydrogen) atoms. The first kappa shape index (κ1) is 14.8. The number of carbonyl (C=O) groups excluding carboxylic acids is 1. The molecule has 0 unspecified atom stereocenters. The summed E-state index contributed by atoms with van der Waals surface area (Å²) in [6.07, 6.45) is 8.07. The number of hydrogen-bond acceptors (Lipinski definition) is 1. The third-order valence-corrected chi connectivity index (χ3v) is 4.36. The third kappa shape index (κ3) is 3.06. The molecule has 0 atom stereocenters. The first-order valence-electron chi connectivity index (χ1n) is 7.89. The molecule has 2 N–H and O–H groups in total. The number of fused-ring (bicyclic) bond motifs is 1. The van der Waals surface area contributed by atoms with Gasteiger partial charge in [-0.25, -0.2) is 4.39 Å². The lowest BCUT2D eigenvalue weighted by atomic mass is 9.97. The van der Waals surface area contributed by atoms with Gasteiger partial charge in [-0.3, -0.25) is 4.79 Å². The topological polar surface area (TPSA) is 44.9 Å². The van der Waals surface area contributed by atoms with Gasteiger partial charge in [0.2, 0.25) is 0 Å². The van der Waals surface area contributed by atoms with Crippen molar-refractivity contribution in [2.24, 2.45) is 0 Å². The highest BCUT2D eigenvalue weighted by molar-refractivity contribution is 6.00. The fourth-order valence-electron chi connectivity index (χ4n) is 3.09. The minimum atomic E-state index is -0.301. The SMILES string of the molecule is Cc1c(C(=O)NCCC2=CCCCC2)[nH]c2cc(F)ccc12. The Morgan fingerprint density at radius 3 is 3.00 bits per heavy atom. The van der Waals surface area contributed by atoms with Crippen molar-refractivity contribution in [1.82, 2.24) is 10.3 Å². The van der Waals surface area contributed by atoms with Crippen LogP contribution in [-0.2, 0) is 0 Å². The largest absolute Gasteiger partial charge is 0.350 e. The van der Waals surface area contributed by atoms with Crippen LogP contribution in [0.3, 0.4) is 0 Å². The Bertz CT molecular complexity index is 730. The number of H-pyrrole nitrogens is 1. The van der Waals surface area contributed by atoms with E-state index in [0.29, 0.717) is 17.8 Å². The van der Waals surface area contributed by atoms with Crippen molar-refractivity contribution in [3.8, 4) is 0 Å². The fourth-order valence-corrected chi connectivity index (χ4v) is 3.09. The van der Waals surface area contributed by atoms with Crippen LogP contribution in [0, 0.1) is 12.7 Å². The fraction of sp³-hybridized carbons (Fsp3) is 0.389. The zero-order valence-electron chi connectivity index (χ0n) is 12.8. The van der Waals surface area contributed by atoms with Gasteiger partial charge in [-0.05, 0) is 62.8 Å². The van der Waals surface area contributed by atoms with Crippen LogP contribution >= 0.6 is 0 Å². The average molecular weight is 300 g/mol. The molecule has 3 nitrogen and oxygen atoms in total. The van der Waals surface area contributed by atoms with Crippen LogP contribution in [0.1, 0.15) is 48.2 Å². The Hall–Kier alpha value is -2.10. The summed E-state index contributed by atoms with van der Waals surface area (Å²) in [6, 6.07) is 4.55. The van der Waals surface area contributed by atoms with E-state index in [0.717, 1.165) is 30.2 Å². The Labute approximate surface area is 129 Å². The summed E-state index contributed by atoms with van der Waals surface area (Å²) in [5, 5.41) is 3.85. The summed E-state index contributed by atoms with van der Waals surface area (Å²) in [4.78, 5) is 15.3. The van der Waals surface area contributed by atoms with Crippen LogP contribution in [0.2, 0.25) is 0 Å². The van der Waals surface area contributed by atoms with Crippen LogP contribution in [0.4, 0.5) is 4.39 Å². The number of benzene rings is 1. The van der Waals surface area contributed by atoms with E-state index in [-0.39, 0.29) is 11.7 Å². The summed E-state index contributed by atoms with van der Waals surface area (Å²) in [6.45, 7) is 2.53. The van der Waals surface area contributed by atoms with Gasteiger partial charge in [0.1, 0.15) is 11.5 Å². The number of nitrogens with one attached hydrogen (secondary N) is 2. The van der Waals surface area contributed by atoms with E-state index in [1.54, 1.807) is 6.07 Å². The number of hydrogen-bond donors (Lipinski definition) is 2. The van der Waals surface area contributed by atoms with E-state index in [1.165, 1.54) is 30.5 Å². The Morgan fingerprint density at radius 2 is 2.23 bits per heavy atom. The third-order valence-electron chi connectivity index (χ3n) is 4.36. The molecule has 1 aromatic carbocycles. The van der Waals surface area contributed by atoms with Crippen molar-refractivity contribution < 1.29 is 9.18 Å². The molecule has 3 rings (SSSR count). The number of rotatable bonds is 4. The van der Waals surface area contributed by atoms with Gasteiger partial charge in [-0.1, -0.05) is 11.6 Å². The summed E-state index contributed by atoms with van der Waals surface area (Å²) in [5.74, 6) is -0.421. The van der Waals surface area contributed by atoms with Gasteiger partial charge in [-0.2, -0.15) is 0 Å². The summed E-state index contributed by atoms with van der Waals surface area (Å²) >= 11 is 0. The van der Waals surface area contributed by atoms with Crippen LogP contribution in [0.5, 0.6) is 0 Å². The molecule has 1 aliphatic rings. The molecule has 0 radical (unpaired) electrons. The van der Waals surface area contributed by atoms with Gasteiger partial charge in [0.15, 0.2) is 0 Å². The Balaban J connectivity index is 1.67. The van der Waals surface area contributed by atoms with E-state index in [4.69, 9.17) is 0 Å². The molecule has 1 aromatic heterocycles. The van der Waals surface area contributed by atoms with Gasteiger partial charge >= 0.3 is 0 Å². The number of carbonyl (C=O) groups is 1. The molecular formula is C18H21FN2O. The van der Waals surface area contributed by atoms with Crippen LogP contribution < -0.4 is 5.32 Å². The van der Waals surface area contributed by atoms with Crippen LogP contribution in [0.25, 0.3) is 10.9 Å². The maximum Gasteiger partial charge on any atom is 0.268 e. The molecule has 0 saturated carbocycles. The molecule has 0 saturated heterocycles. The number of amides is 1. The van der Waals surface area contributed by atoms with Crippen molar-refractivity contribution in [2.45, 2.75) is 39.0 Å².